The second-order valence-corrected chi connectivity index (χ2v) is 3.47. The zero-order chi connectivity index (χ0) is 10.7. The van der Waals surface area contributed by atoms with E-state index in [1.54, 1.807) is 7.05 Å². The summed E-state index contributed by atoms with van der Waals surface area (Å²) >= 11 is 0. The summed E-state index contributed by atoms with van der Waals surface area (Å²) in [5, 5.41) is 5.95. The maximum absolute atomic E-state index is 11.4. The summed E-state index contributed by atoms with van der Waals surface area (Å²) in [6, 6.07) is 0. The van der Waals surface area contributed by atoms with E-state index in [0.29, 0.717) is 12.4 Å². The third kappa shape index (κ3) is 2.45. The molecule has 0 saturated heterocycles. The van der Waals surface area contributed by atoms with Crippen molar-refractivity contribution < 1.29 is 4.79 Å². The fraction of sp³-hybridized carbons (Fsp3) is 0.625. The van der Waals surface area contributed by atoms with Crippen molar-refractivity contribution in [2.24, 2.45) is 5.92 Å². The minimum atomic E-state index is -0.356. The van der Waals surface area contributed by atoms with E-state index in [1.165, 1.54) is 4.90 Å². The minimum Gasteiger partial charge on any atom is -0.338 e. The van der Waals surface area contributed by atoms with Gasteiger partial charge >= 0.3 is 5.69 Å². The number of H-pyrrole nitrogens is 2. The van der Waals surface area contributed by atoms with Crippen molar-refractivity contribution in [2.45, 2.75) is 20.4 Å². The second-order valence-electron chi connectivity index (χ2n) is 3.47. The zero-order valence-corrected chi connectivity index (χ0v) is 8.50. The fourth-order valence-electron chi connectivity index (χ4n) is 1.12. The predicted octanol–water partition coefficient (Wildman–Crippen LogP) is -0.288. The van der Waals surface area contributed by atoms with Crippen molar-refractivity contribution in [1.29, 1.82) is 0 Å². The van der Waals surface area contributed by atoms with E-state index in [-0.39, 0.29) is 17.5 Å². The number of nitrogens with one attached hydrogen (secondary N) is 2. The number of amides is 1. The Kier molecular flexibility index (Phi) is 3.06. The number of nitrogens with zero attached hydrogens (tertiary/aromatic N) is 2. The number of carbonyl (C=O) groups is 1. The first kappa shape index (κ1) is 10.5. The first-order valence-corrected chi connectivity index (χ1v) is 4.39. The molecule has 1 amide bonds. The summed E-state index contributed by atoms with van der Waals surface area (Å²) in [5.41, 5.74) is -0.356. The molecule has 6 heteroatoms. The normalized spacial score (nSPS) is 10.6. The highest BCUT2D eigenvalue weighted by Crippen LogP contribution is 2.01. The molecule has 0 aliphatic rings. The molecule has 1 aromatic heterocycles. The lowest BCUT2D eigenvalue weighted by molar-refractivity contribution is -0.133. The molecule has 0 aliphatic carbocycles. The zero-order valence-electron chi connectivity index (χ0n) is 8.50. The maximum atomic E-state index is 11.4. The Hall–Kier alpha value is -1.59. The second kappa shape index (κ2) is 4.08. The van der Waals surface area contributed by atoms with E-state index < -0.39 is 0 Å². The SMILES string of the molecule is CC(C)C(=O)N(C)Cc1n[nH]c(=O)[nH]1. The number of aromatic nitrogens is 3. The molecule has 0 unspecified atom stereocenters. The van der Waals surface area contributed by atoms with E-state index in [0.717, 1.165) is 0 Å². The number of hydrogen-bond donors (Lipinski definition) is 2. The Labute approximate surface area is 81.3 Å². The highest BCUT2D eigenvalue weighted by atomic mass is 16.2. The first-order chi connectivity index (χ1) is 6.50. The van der Waals surface area contributed by atoms with Gasteiger partial charge in [-0.15, -0.1) is 0 Å². The van der Waals surface area contributed by atoms with Crippen molar-refractivity contribution in [3.63, 3.8) is 0 Å². The summed E-state index contributed by atoms with van der Waals surface area (Å²) in [4.78, 5) is 26.2. The molecule has 0 radical (unpaired) electrons. The van der Waals surface area contributed by atoms with Crippen LogP contribution in [0.15, 0.2) is 4.79 Å². The molecule has 14 heavy (non-hydrogen) atoms. The topological polar surface area (TPSA) is 81.8 Å². The molecule has 0 saturated carbocycles. The Bertz CT molecular complexity index is 365. The highest BCUT2D eigenvalue weighted by molar-refractivity contribution is 5.77. The Balaban J connectivity index is 2.61. The van der Waals surface area contributed by atoms with Crippen LogP contribution in [0.1, 0.15) is 19.7 Å². The molecular weight excluding hydrogens is 184 g/mol. The van der Waals surface area contributed by atoms with Crippen molar-refractivity contribution in [2.75, 3.05) is 7.05 Å². The van der Waals surface area contributed by atoms with Crippen molar-refractivity contribution in [3.8, 4) is 0 Å². The molecule has 0 fully saturated rings. The summed E-state index contributed by atoms with van der Waals surface area (Å²) in [5.74, 6) is 0.436. The summed E-state index contributed by atoms with van der Waals surface area (Å²) in [6.45, 7) is 3.97. The molecule has 2 N–H and O–H groups in total. The third-order valence-electron chi connectivity index (χ3n) is 1.81. The third-order valence-corrected chi connectivity index (χ3v) is 1.81. The van der Waals surface area contributed by atoms with Gasteiger partial charge in [0.1, 0.15) is 0 Å². The number of rotatable bonds is 3. The fourth-order valence-corrected chi connectivity index (χ4v) is 1.12. The lowest BCUT2D eigenvalue weighted by Crippen LogP contribution is -2.30. The summed E-state index contributed by atoms with van der Waals surface area (Å²) in [7, 11) is 1.68. The van der Waals surface area contributed by atoms with Crippen molar-refractivity contribution in [3.05, 3.63) is 16.3 Å². The van der Waals surface area contributed by atoms with Gasteiger partial charge in [0, 0.05) is 13.0 Å². The van der Waals surface area contributed by atoms with E-state index in [2.05, 4.69) is 15.2 Å². The van der Waals surface area contributed by atoms with Gasteiger partial charge in [-0.25, -0.2) is 9.89 Å². The average molecular weight is 198 g/mol. The standard InChI is InChI=1S/C8H14N4O2/c1-5(2)7(13)12(3)4-6-9-8(14)11-10-6/h5H,4H2,1-3H3,(H2,9,10,11,14). The molecule has 1 heterocycles. The Morgan fingerprint density at radius 2 is 2.21 bits per heavy atom. The quantitative estimate of drug-likeness (QED) is 0.700. The van der Waals surface area contributed by atoms with E-state index >= 15 is 0 Å². The lowest BCUT2D eigenvalue weighted by atomic mass is 10.2. The Morgan fingerprint density at radius 3 is 2.64 bits per heavy atom. The molecule has 0 aliphatic heterocycles. The lowest BCUT2D eigenvalue weighted by Gasteiger charge is -2.17. The molecule has 0 aromatic carbocycles. The van der Waals surface area contributed by atoms with Crippen LogP contribution < -0.4 is 5.69 Å². The number of aromatic amines is 2. The largest absolute Gasteiger partial charge is 0.340 e. The molecule has 1 rings (SSSR count). The molecule has 0 bridgehead atoms. The molecule has 0 spiro atoms. The van der Waals surface area contributed by atoms with Gasteiger partial charge in [0.15, 0.2) is 5.82 Å². The van der Waals surface area contributed by atoms with Crippen LogP contribution in [0.2, 0.25) is 0 Å². The van der Waals surface area contributed by atoms with Crippen LogP contribution in [0.5, 0.6) is 0 Å². The first-order valence-electron chi connectivity index (χ1n) is 4.39. The molecule has 78 valence electrons. The van der Waals surface area contributed by atoms with Crippen molar-refractivity contribution in [1.82, 2.24) is 20.1 Å². The number of hydrogen-bond acceptors (Lipinski definition) is 3. The highest BCUT2D eigenvalue weighted by Gasteiger charge is 2.14. The smallest absolute Gasteiger partial charge is 0.338 e. The van der Waals surface area contributed by atoms with Crippen LogP contribution in [0, 0.1) is 5.92 Å². The van der Waals surface area contributed by atoms with Gasteiger partial charge in [-0.3, -0.25) is 9.78 Å². The average Bonchev–Trinajstić information content (AvgIpc) is 2.49. The van der Waals surface area contributed by atoms with Gasteiger partial charge in [0.25, 0.3) is 0 Å². The summed E-state index contributed by atoms with van der Waals surface area (Å²) < 4.78 is 0. The maximum Gasteiger partial charge on any atom is 0.340 e. The molecular formula is C8H14N4O2. The monoisotopic (exact) mass is 198 g/mol. The predicted molar refractivity (Wildman–Crippen MR) is 50.5 cm³/mol. The van der Waals surface area contributed by atoms with Crippen LogP contribution in [-0.2, 0) is 11.3 Å². The minimum absolute atomic E-state index is 0.0221. The van der Waals surface area contributed by atoms with Gasteiger partial charge < -0.3 is 4.90 Å². The van der Waals surface area contributed by atoms with E-state index in [1.807, 2.05) is 13.8 Å². The van der Waals surface area contributed by atoms with Gasteiger partial charge in [0.2, 0.25) is 5.91 Å². The molecule has 1 aromatic rings. The van der Waals surface area contributed by atoms with Crippen LogP contribution in [0.25, 0.3) is 0 Å². The Morgan fingerprint density at radius 1 is 1.57 bits per heavy atom. The van der Waals surface area contributed by atoms with Crippen LogP contribution in [-0.4, -0.2) is 33.0 Å². The van der Waals surface area contributed by atoms with Crippen LogP contribution >= 0.6 is 0 Å². The summed E-state index contributed by atoms with van der Waals surface area (Å²) in [6.07, 6.45) is 0. The molecule has 6 nitrogen and oxygen atoms in total. The van der Waals surface area contributed by atoms with Gasteiger partial charge in [-0.2, -0.15) is 5.10 Å². The van der Waals surface area contributed by atoms with Crippen molar-refractivity contribution >= 4 is 5.91 Å². The van der Waals surface area contributed by atoms with Gasteiger partial charge in [-0.05, 0) is 0 Å². The van der Waals surface area contributed by atoms with Crippen LogP contribution in [0.3, 0.4) is 0 Å². The van der Waals surface area contributed by atoms with Gasteiger partial charge in [0.05, 0.1) is 6.54 Å². The van der Waals surface area contributed by atoms with Crippen LogP contribution in [0.4, 0.5) is 0 Å². The molecule has 0 atom stereocenters. The van der Waals surface area contributed by atoms with E-state index in [4.69, 9.17) is 0 Å². The van der Waals surface area contributed by atoms with E-state index in [9.17, 15) is 9.59 Å². The number of carbonyl (C=O) groups excluding carboxylic acids is 1. The van der Waals surface area contributed by atoms with Gasteiger partial charge in [-0.1, -0.05) is 13.8 Å².